The van der Waals surface area contributed by atoms with Gasteiger partial charge in [-0.05, 0) is 52.0 Å². The Labute approximate surface area is 172 Å². The van der Waals surface area contributed by atoms with Crippen LogP contribution in [-0.4, -0.2) is 70.2 Å². The summed E-state index contributed by atoms with van der Waals surface area (Å²) in [5.74, 6) is -0.152. The van der Waals surface area contributed by atoms with Crippen LogP contribution in [0.15, 0.2) is 29.2 Å². The van der Waals surface area contributed by atoms with Crippen LogP contribution < -0.4 is 14.9 Å². The summed E-state index contributed by atoms with van der Waals surface area (Å²) < 4.78 is 31.9. The summed E-state index contributed by atoms with van der Waals surface area (Å²) in [4.78, 5) is 27.3. The summed E-state index contributed by atoms with van der Waals surface area (Å²) in [5.41, 5.74) is 0.537. The molecule has 0 radical (unpaired) electrons. The minimum absolute atomic E-state index is 0.151. The first-order valence-electron chi connectivity index (χ1n) is 9.83. The second-order valence-electron chi connectivity index (χ2n) is 7.36. The normalized spacial score (nSPS) is 16.5. The summed E-state index contributed by atoms with van der Waals surface area (Å²) in [6.45, 7) is 9.87. The maximum Gasteiger partial charge on any atom is 0.410 e. The van der Waals surface area contributed by atoms with Gasteiger partial charge in [-0.25, -0.2) is 17.9 Å². The molecule has 1 aliphatic heterocycles. The van der Waals surface area contributed by atoms with Crippen LogP contribution in [0.1, 0.15) is 27.7 Å². The van der Waals surface area contributed by atoms with Gasteiger partial charge < -0.3 is 15.0 Å². The van der Waals surface area contributed by atoms with E-state index in [-0.39, 0.29) is 29.0 Å². The van der Waals surface area contributed by atoms with Gasteiger partial charge in [-0.1, -0.05) is 0 Å². The molecule has 1 atom stereocenters. The summed E-state index contributed by atoms with van der Waals surface area (Å²) in [5, 5.41) is 2.83. The predicted octanol–water partition coefficient (Wildman–Crippen LogP) is 0.0573. The number of carbonyl (C=O) groups is 2. The molecule has 1 aromatic carbocycles. The lowest BCUT2D eigenvalue weighted by Crippen LogP contribution is -3.19. The highest BCUT2D eigenvalue weighted by molar-refractivity contribution is 7.89. The van der Waals surface area contributed by atoms with E-state index >= 15 is 0 Å². The lowest BCUT2D eigenvalue weighted by atomic mass is 10.2. The molecule has 10 heteroatoms. The van der Waals surface area contributed by atoms with Crippen LogP contribution in [0.3, 0.4) is 0 Å². The van der Waals surface area contributed by atoms with E-state index in [1.165, 1.54) is 12.1 Å². The van der Waals surface area contributed by atoms with Crippen LogP contribution in [0.2, 0.25) is 0 Å². The number of hydrogen-bond donors (Lipinski definition) is 3. The first-order chi connectivity index (χ1) is 13.6. The Kier molecular flexibility index (Phi) is 8.00. The van der Waals surface area contributed by atoms with Gasteiger partial charge in [0, 0.05) is 11.7 Å². The van der Waals surface area contributed by atoms with E-state index in [0.29, 0.717) is 38.5 Å². The average Bonchev–Trinajstić information content (AvgIpc) is 2.67. The van der Waals surface area contributed by atoms with E-state index < -0.39 is 10.0 Å². The van der Waals surface area contributed by atoms with Crippen molar-refractivity contribution >= 4 is 27.7 Å². The van der Waals surface area contributed by atoms with E-state index in [0.717, 1.165) is 4.90 Å². The maximum atomic E-state index is 12.6. The Morgan fingerprint density at radius 3 is 2.24 bits per heavy atom. The lowest BCUT2D eigenvalue weighted by molar-refractivity contribution is -0.917. The van der Waals surface area contributed by atoms with Gasteiger partial charge in [-0.2, -0.15) is 0 Å². The number of ether oxygens (including phenoxy) is 1. The lowest BCUT2D eigenvalue weighted by Gasteiger charge is -2.34. The number of rotatable bonds is 7. The zero-order valence-electron chi connectivity index (χ0n) is 17.4. The molecule has 1 heterocycles. The molecular formula is C19H31N4O5S+. The Morgan fingerprint density at radius 1 is 1.14 bits per heavy atom. The number of amides is 2. The zero-order chi connectivity index (χ0) is 21.6. The molecule has 1 fully saturated rings. The quantitative estimate of drug-likeness (QED) is 0.570. The topological polar surface area (TPSA) is 109 Å². The third-order valence-corrected chi connectivity index (χ3v) is 6.43. The molecule has 0 aliphatic carbocycles. The predicted molar refractivity (Wildman–Crippen MR) is 109 cm³/mol. The molecule has 0 saturated carbocycles. The van der Waals surface area contributed by atoms with Gasteiger partial charge in [0.2, 0.25) is 10.0 Å². The molecule has 1 aromatic rings. The van der Waals surface area contributed by atoms with Crippen molar-refractivity contribution in [2.45, 2.75) is 44.7 Å². The van der Waals surface area contributed by atoms with Gasteiger partial charge in [0.05, 0.1) is 37.7 Å². The van der Waals surface area contributed by atoms with Crippen LogP contribution in [0.4, 0.5) is 10.5 Å². The maximum absolute atomic E-state index is 12.6. The smallest absolute Gasteiger partial charge is 0.410 e. The fourth-order valence-corrected chi connectivity index (χ4v) is 4.41. The van der Waals surface area contributed by atoms with Crippen molar-refractivity contribution in [2.24, 2.45) is 0 Å². The van der Waals surface area contributed by atoms with Crippen molar-refractivity contribution in [3.8, 4) is 0 Å². The van der Waals surface area contributed by atoms with E-state index in [9.17, 15) is 18.0 Å². The fraction of sp³-hybridized carbons (Fsp3) is 0.579. The molecule has 2 amide bonds. The molecule has 2 rings (SSSR count). The fourth-order valence-electron chi connectivity index (χ4n) is 3.16. The molecule has 29 heavy (non-hydrogen) atoms. The van der Waals surface area contributed by atoms with E-state index in [4.69, 9.17) is 4.74 Å². The average molecular weight is 428 g/mol. The third-order valence-electron chi connectivity index (χ3n) is 4.76. The second-order valence-corrected chi connectivity index (χ2v) is 9.07. The Morgan fingerprint density at radius 2 is 1.72 bits per heavy atom. The number of nitrogens with zero attached hydrogens (tertiary/aromatic N) is 1. The van der Waals surface area contributed by atoms with Crippen molar-refractivity contribution < 1.29 is 27.6 Å². The molecular weight excluding hydrogens is 396 g/mol. The minimum Gasteiger partial charge on any atom is -0.450 e. The highest BCUT2D eigenvalue weighted by Crippen LogP contribution is 2.14. The SMILES string of the molecule is CCOC(=O)N1CC[NH+]([C@H](C)C(=O)Nc2ccc(S(=O)(=O)NC(C)C)cc2)CC1. The molecule has 162 valence electrons. The highest BCUT2D eigenvalue weighted by Gasteiger charge is 2.31. The molecule has 1 aliphatic rings. The Balaban J connectivity index is 1.91. The van der Waals surface area contributed by atoms with Crippen molar-refractivity contribution in [2.75, 3.05) is 38.1 Å². The number of sulfonamides is 1. The first-order valence-corrected chi connectivity index (χ1v) is 11.3. The van der Waals surface area contributed by atoms with Gasteiger partial charge >= 0.3 is 6.09 Å². The van der Waals surface area contributed by atoms with Crippen molar-refractivity contribution in [1.29, 1.82) is 0 Å². The zero-order valence-corrected chi connectivity index (χ0v) is 18.2. The van der Waals surface area contributed by atoms with Gasteiger partial charge in [0.15, 0.2) is 6.04 Å². The third kappa shape index (κ3) is 6.41. The number of hydrogen-bond acceptors (Lipinski definition) is 5. The standard InChI is InChI=1S/C19H30N4O5S/c1-5-28-19(25)23-12-10-22(11-13-23)15(4)18(24)20-16-6-8-17(9-7-16)29(26,27)21-14(2)3/h6-9,14-15,21H,5,10-13H2,1-4H3,(H,20,24)/p+1/t15-/m1/s1. The minimum atomic E-state index is -3.56. The molecule has 0 bridgehead atoms. The van der Waals surface area contributed by atoms with E-state index in [1.807, 2.05) is 6.92 Å². The number of carbonyl (C=O) groups excluding carboxylic acids is 2. The summed E-state index contributed by atoms with van der Waals surface area (Å²) in [6, 6.07) is 5.59. The Bertz CT molecular complexity index is 802. The first kappa shape index (κ1) is 23.1. The molecule has 0 aromatic heterocycles. The van der Waals surface area contributed by atoms with E-state index in [1.54, 1.807) is 37.8 Å². The summed E-state index contributed by atoms with van der Waals surface area (Å²) >= 11 is 0. The number of benzene rings is 1. The van der Waals surface area contributed by atoms with E-state index in [2.05, 4.69) is 10.0 Å². The van der Waals surface area contributed by atoms with Crippen LogP contribution in [0.5, 0.6) is 0 Å². The second kappa shape index (κ2) is 10.0. The van der Waals surface area contributed by atoms with Crippen LogP contribution in [0, 0.1) is 0 Å². The van der Waals surface area contributed by atoms with Crippen molar-refractivity contribution in [3.05, 3.63) is 24.3 Å². The highest BCUT2D eigenvalue weighted by atomic mass is 32.2. The van der Waals surface area contributed by atoms with Crippen molar-refractivity contribution in [3.63, 3.8) is 0 Å². The van der Waals surface area contributed by atoms with Gasteiger partial charge in [0.25, 0.3) is 5.91 Å². The molecule has 0 spiro atoms. The largest absolute Gasteiger partial charge is 0.450 e. The van der Waals surface area contributed by atoms with Crippen LogP contribution in [0.25, 0.3) is 0 Å². The molecule has 1 saturated heterocycles. The molecule has 0 unspecified atom stereocenters. The summed E-state index contributed by atoms with van der Waals surface area (Å²) in [6.07, 6.45) is -0.314. The number of nitrogens with one attached hydrogen (secondary N) is 3. The number of quaternary nitrogens is 1. The van der Waals surface area contributed by atoms with Crippen molar-refractivity contribution in [1.82, 2.24) is 9.62 Å². The summed E-state index contributed by atoms with van der Waals surface area (Å²) in [7, 11) is -3.56. The number of anilines is 1. The Hall–Kier alpha value is -2.17. The van der Waals surface area contributed by atoms with Gasteiger partial charge in [0.1, 0.15) is 0 Å². The van der Waals surface area contributed by atoms with Crippen LogP contribution in [-0.2, 0) is 19.6 Å². The van der Waals surface area contributed by atoms with Gasteiger partial charge in [-0.3, -0.25) is 9.69 Å². The molecule has 9 nitrogen and oxygen atoms in total. The van der Waals surface area contributed by atoms with Crippen LogP contribution >= 0.6 is 0 Å². The number of piperazine rings is 1. The van der Waals surface area contributed by atoms with Gasteiger partial charge in [-0.15, -0.1) is 0 Å². The monoisotopic (exact) mass is 427 g/mol. The molecule has 3 N–H and O–H groups in total.